The zero-order valence-corrected chi connectivity index (χ0v) is 17.9. The van der Waals surface area contributed by atoms with Gasteiger partial charge in [-0.2, -0.15) is 0 Å². The number of nitrogens with zero attached hydrogens (tertiary/aromatic N) is 1. The molecule has 1 aromatic heterocycles. The topological polar surface area (TPSA) is 42.0 Å². The molecule has 0 spiro atoms. The molecule has 0 aliphatic carbocycles. The van der Waals surface area contributed by atoms with Crippen LogP contribution in [0.1, 0.15) is 10.4 Å². The number of benzene rings is 3. The normalized spacial score (nSPS) is 10.7. The summed E-state index contributed by atoms with van der Waals surface area (Å²) < 4.78 is 0. The first kappa shape index (κ1) is 19.9. The Morgan fingerprint density at radius 2 is 1.52 bits per heavy atom. The second kappa shape index (κ2) is 8.56. The summed E-state index contributed by atoms with van der Waals surface area (Å²) >= 11 is 19.4. The molecular formula is C22H13Cl3N2OS. The van der Waals surface area contributed by atoms with E-state index in [-0.39, 0.29) is 5.91 Å². The number of amides is 1. The van der Waals surface area contributed by atoms with Crippen LogP contribution in [0.25, 0.3) is 21.8 Å². The first-order valence-corrected chi connectivity index (χ1v) is 10.6. The van der Waals surface area contributed by atoms with E-state index in [2.05, 4.69) is 5.32 Å². The van der Waals surface area contributed by atoms with Crippen LogP contribution in [0.15, 0.2) is 72.1 Å². The van der Waals surface area contributed by atoms with E-state index in [0.29, 0.717) is 26.3 Å². The average Bonchev–Trinajstić information content (AvgIpc) is 3.21. The fourth-order valence-corrected chi connectivity index (χ4v) is 3.96. The van der Waals surface area contributed by atoms with Gasteiger partial charge in [0.1, 0.15) is 5.01 Å². The number of halogens is 3. The molecule has 0 aliphatic rings. The van der Waals surface area contributed by atoms with E-state index in [9.17, 15) is 4.79 Å². The maximum absolute atomic E-state index is 12.4. The molecule has 7 heteroatoms. The van der Waals surface area contributed by atoms with Gasteiger partial charge in [0, 0.05) is 32.8 Å². The Morgan fingerprint density at radius 1 is 0.828 bits per heavy atom. The third-order valence-corrected chi connectivity index (χ3v) is 6.10. The van der Waals surface area contributed by atoms with E-state index in [1.165, 1.54) is 0 Å². The lowest BCUT2D eigenvalue weighted by Crippen LogP contribution is -2.11. The Kier molecular flexibility index (Phi) is 5.88. The number of hydrogen-bond donors (Lipinski definition) is 1. The predicted octanol–water partition coefficient (Wildman–Crippen LogP) is 7.69. The third kappa shape index (κ3) is 4.62. The lowest BCUT2D eigenvalue weighted by Gasteiger charge is -2.07. The van der Waals surface area contributed by atoms with Crippen molar-refractivity contribution in [2.24, 2.45) is 0 Å². The Hall–Kier alpha value is -2.37. The Morgan fingerprint density at radius 3 is 2.21 bits per heavy atom. The van der Waals surface area contributed by atoms with E-state index in [0.717, 1.165) is 21.8 Å². The molecule has 1 heterocycles. The quantitative estimate of drug-likeness (QED) is 0.340. The van der Waals surface area contributed by atoms with Crippen molar-refractivity contribution in [1.82, 2.24) is 4.98 Å². The highest BCUT2D eigenvalue weighted by Crippen LogP contribution is 2.30. The molecular weight excluding hydrogens is 447 g/mol. The molecule has 1 N–H and O–H groups in total. The predicted molar refractivity (Wildman–Crippen MR) is 122 cm³/mol. The number of hydrogen-bond acceptors (Lipinski definition) is 3. The van der Waals surface area contributed by atoms with Gasteiger partial charge in [0.2, 0.25) is 0 Å². The van der Waals surface area contributed by atoms with Gasteiger partial charge in [-0.05, 0) is 42.5 Å². The van der Waals surface area contributed by atoms with Crippen LogP contribution in [-0.4, -0.2) is 10.9 Å². The number of rotatable bonds is 4. The SMILES string of the molecule is O=C(Nc1ccc(-c2csc(-c3ccc(Cl)cc3)n2)cc1)c1ccc(Cl)c(Cl)c1. The van der Waals surface area contributed by atoms with E-state index in [4.69, 9.17) is 39.8 Å². The first-order valence-electron chi connectivity index (χ1n) is 8.58. The molecule has 0 aliphatic heterocycles. The van der Waals surface area contributed by atoms with Crippen molar-refractivity contribution in [3.63, 3.8) is 0 Å². The molecule has 0 saturated heterocycles. The summed E-state index contributed by atoms with van der Waals surface area (Å²) in [5.41, 5.74) is 3.99. The van der Waals surface area contributed by atoms with Crippen LogP contribution < -0.4 is 5.32 Å². The average molecular weight is 460 g/mol. The maximum atomic E-state index is 12.4. The van der Waals surface area contributed by atoms with Crippen molar-refractivity contribution in [2.45, 2.75) is 0 Å². The smallest absolute Gasteiger partial charge is 0.255 e. The van der Waals surface area contributed by atoms with Gasteiger partial charge in [0.25, 0.3) is 5.91 Å². The summed E-state index contributed by atoms with van der Waals surface area (Å²) in [6, 6.07) is 19.9. The zero-order valence-electron chi connectivity index (χ0n) is 14.8. The highest BCUT2D eigenvalue weighted by Gasteiger charge is 2.10. The second-order valence-electron chi connectivity index (χ2n) is 6.21. The molecule has 0 radical (unpaired) electrons. The van der Waals surface area contributed by atoms with Gasteiger partial charge in [-0.15, -0.1) is 11.3 Å². The third-order valence-electron chi connectivity index (χ3n) is 4.22. The number of anilines is 1. The number of thiazole rings is 1. The maximum Gasteiger partial charge on any atom is 0.255 e. The van der Waals surface area contributed by atoms with Gasteiger partial charge in [-0.3, -0.25) is 4.79 Å². The van der Waals surface area contributed by atoms with Gasteiger partial charge in [0.15, 0.2) is 0 Å². The monoisotopic (exact) mass is 458 g/mol. The van der Waals surface area contributed by atoms with Gasteiger partial charge >= 0.3 is 0 Å². The Balaban J connectivity index is 1.48. The van der Waals surface area contributed by atoms with Crippen LogP contribution in [-0.2, 0) is 0 Å². The van der Waals surface area contributed by atoms with Crippen molar-refractivity contribution in [2.75, 3.05) is 5.32 Å². The van der Waals surface area contributed by atoms with Crippen molar-refractivity contribution in [3.05, 3.63) is 92.7 Å². The number of carbonyl (C=O) groups is 1. The van der Waals surface area contributed by atoms with Gasteiger partial charge < -0.3 is 5.32 Å². The van der Waals surface area contributed by atoms with Crippen LogP contribution in [0, 0.1) is 0 Å². The second-order valence-corrected chi connectivity index (χ2v) is 8.31. The van der Waals surface area contributed by atoms with Gasteiger partial charge in [-0.25, -0.2) is 4.98 Å². The first-order chi connectivity index (χ1) is 14.0. The summed E-state index contributed by atoms with van der Waals surface area (Å²) in [6.45, 7) is 0. The molecule has 29 heavy (non-hydrogen) atoms. The number of nitrogens with one attached hydrogen (secondary N) is 1. The van der Waals surface area contributed by atoms with Crippen molar-refractivity contribution in [3.8, 4) is 21.8 Å². The molecule has 0 fully saturated rings. The van der Waals surface area contributed by atoms with Crippen LogP contribution in [0.3, 0.4) is 0 Å². The van der Waals surface area contributed by atoms with Crippen molar-refractivity contribution >= 4 is 57.7 Å². The summed E-state index contributed by atoms with van der Waals surface area (Å²) in [6.07, 6.45) is 0. The van der Waals surface area contributed by atoms with Gasteiger partial charge in [-0.1, -0.05) is 59.1 Å². The van der Waals surface area contributed by atoms with E-state index >= 15 is 0 Å². The van der Waals surface area contributed by atoms with E-state index in [1.54, 1.807) is 29.5 Å². The molecule has 3 nitrogen and oxygen atoms in total. The number of aromatic nitrogens is 1. The molecule has 3 aromatic carbocycles. The molecule has 0 bridgehead atoms. The minimum Gasteiger partial charge on any atom is -0.322 e. The fraction of sp³-hybridized carbons (Fsp3) is 0. The molecule has 144 valence electrons. The van der Waals surface area contributed by atoms with E-state index < -0.39 is 0 Å². The van der Waals surface area contributed by atoms with Crippen molar-refractivity contribution in [1.29, 1.82) is 0 Å². The largest absolute Gasteiger partial charge is 0.322 e. The van der Waals surface area contributed by atoms with Crippen LogP contribution in [0.5, 0.6) is 0 Å². The Labute approximate surface area is 186 Å². The molecule has 0 saturated carbocycles. The minimum atomic E-state index is -0.255. The number of carbonyl (C=O) groups excluding carboxylic acids is 1. The Bertz CT molecular complexity index is 1170. The molecule has 4 rings (SSSR count). The summed E-state index contributed by atoms with van der Waals surface area (Å²) in [5, 5.41) is 7.23. The van der Waals surface area contributed by atoms with Crippen LogP contribution >= 0.6 is 46.1 Å². The molecule has 0 atom stereocenters. The fourth-order valence-electron chi connectivity index (χ4n) is 2.70. The highest BCUT2D eigenvalue weighted by atomic mass is 35.5. The van der Waals surface area contributed by atoms with Gasteiger partial charge in [0.05, 0.1) is 15.7 Å². The van der Waals surface area contributed by atoms with Crippen LogP contribution in [0.4, 0.5) is 5.69 Å². The lowest BCUT2D eigenvalue weighted by atomic mass is 10.1. The van der Waals surface area contributed by atoms with Crippen molar-refractivity contribution < 1.29 is 4.79 Å². The van der Waals surface area contributed by atoms with E-state index in [1.807, 2.05) is 53.9 Å². The molecule has 0 unspecified atom stereocenters. The molecule has 1 amide bonds. The summed E-state index contributed by atoms with van der Waals surface area (Å²) in [5.74, 6) is -0.255. The van der Waals surface area contributed by atoms with Crippen LogP contribution in [0.2, 0.25) is 15.1 Å². The molecule has 4 aromatic rings. The zero-order chi connectivity index (χ0) is 20.4. The summed E-state index contributed by atoms with van der Waals surface area (Å²) in [7, 11) is 0. The summed E-state index contributed by atoms with van der Waals surface area (Å²) in [4.78, 5) is 17.1. The minimum absolute atomic E-state index is 0.255. The highest BCUT2D eigenvalue weighted by molar-refractivity contribution is 7.13. The standard InChI is InChI=1S/C22H13Cl3N2OS/c23-16-6-1-14(2-7-16)22-27-20(12-29-22)13-3-8-17(9-4-13)26-21(28)15-5-10-18(24)19(25)11-15/h1-12H,(H,26,28). The lowest BCUT2D eigenvalue weighted by molar-refractivity contribution is 0.102.